The van der Waals surface area contributed by atoms with Crippen LogP contribution in [0.4, 0.5) is 0 Å². The van der Waals surface area contributed by atoms with Crippen molar-refractivity contribution in [1.29, 1.82) is 0 Å². The second-order valence-corrected chi connectivity index (χ2v) is 14.7. The average molecular weight is 870 g/mol. The predicted molar refractivity (Wildman–Crippen MR) is 178 cm³/mol. The van der Waals surface area contributed by atoms with Gasteiger partial charge in [0.2, 0.25) is 5.91 Å². The maximum atomic E-state index is 11.8. The summed E-state index contributed by atoms with van der Waals surface area (Å²) in [6.07, 6.45) is -45.2. The Morgan fingerprint density at radius 2 is 0.881 bits per heavy atom. The summed E-state index contributed by atoms with van der Waals surface area (Å²) in [4.78, 5) is 11.8. The molecule has 5 saturated heterocycles. The predicted octanol–water partition coefficient (Wildman–Crippen LogP) is -11.8. The third-order valence-electron chi connectivity index (χ3n) is 10.7. The molecule has 25 unspecified atom stereocenters. The van der Waals surface area contributed by atoms with E-state index in [1.54, 1.807) is 0 Å². The first-order valence-electron chi connectivity index (χ1n) is 18.6. The summed E-state index contributed by atoms with van der Waals surface area (Å²) in [6, 6.07) is -1.57. The van der Waals surface area contributed by atoms with Crippen molar-refractivity contribution in [2.45, 2.75) is 160 Å². The lowest BCUT2D eigenvalue weighted by Gasteiger charge is -2.49. The van der Waals surface area contributed by atoms with Gasteiger partial charge in [-0.3, -0.25) is 4.79 Å². The third-order valence-corrected chi connectivity index (χ3v) is 10.7. The van der Waals surface area contributed by atoms with E-state index in [1.165, 1.54) is 0 Å². The number of ether oxygens (including phenoxy) is 9. The van der Waals surface area contributed by atoms with Gasteiger partial charge in [0.15, 0.2) is 31.5 Å². The van der Waals surface area contributed by atoms with Crippen LogP contribution in [0, 0.1) is 0 Å². The van der Waals surface area contributed by atoms with Gasteiger partial charge in [-0.05, 0) is 0 Å². The van der Waals surface area contributed by atoms with Crippen molar-refractivity contribution < 1.29 is 129 Å². The van der Waals surface area contributed by atoms with Crippen LogP contribution in [0.5, 0.6) is 0 Å². The molecule has 27 nitrogen and oxygen atoms in total. The fraction of sp³-hybridized carbons (Fsp3) is 0.969. The van der Waals surface area contributed by atoms with E-state index >= 15 is 0 Å². The summed E-state index contributed by atoms with van der Waals surface area (Å²) in [5.74, 6) is -0.727. The molecule has 59 heavy (non-hydrogen) atoms. The van der Waals surface area contributed by atoms with E-state index in [1.807, 2.05) is 0 Å². The Labute approximate surface area is 333 Å². The van der Waals surface area contributed by atoms with Crippen LogP contribution in [0.15, 0.2) is 0 Å². The second kappa shape index (κ2) is 20.8. The third kappa shape index (κ3) is 10.3. The molecule has 5 heterocycles. The number of aliphatic hydroxyl groups is 16. The van der Waals surface area contributed by atoms with Crippen molar-refractivity contribution in [1.82, 2.24) is 5.32 Å². The van der Waals surface area contributed by atoms with Crippen molar-refractivity contribution in [2.24, 2.45) is 0 Å². The number of rotatable bonds is 14. The van der Waals surface area contributed by atoms with Crippen molar-refractivity contribution in [2.75, 3.05) is 33.0 Å². The molecule has 0 radical (unpaired) electrons. The zero-order valence-corrected chi connectivity index (χ0v) is 31.2. The highest BCUT2D eigenvalue weighted by Gasteiger charge is 2.56. The highest BCUT2D eigenvalue weighted by molar-refractivity contribution is 5.73. The van der Waals surface area contributed by atoms with Crippen LogP contribution in [0.25, 0.3) is 0 Å². The monoisotopic (exact) mass is 869 g/mol. The summed E-state index contributed by atoms with van der Waals surface area (Å²) in [5.41, 5.74) is 0. The number of amides is 1. The minimum atomic E-state index is -2.21. The molecule has 27 heteroatoms. The average Bonchev–Trinajstić information content (AvgIpc) is 3.21. The topological polar surface area (TPSA) is 436 Å². The molecule has 0 aromatic rings. The van der Waals surface area contributed by atoms with Crippen LogP contribution >= 0.6 is 0 Å². The van der Waals surface area contributed by atoms with E-state index in [0.717, 1.165) is 6.92 Å². The number of hydrogen-bond donors (Lipinski definition) is 17. The van der Waals surface area contributed by atoms with Gasteiger partial charge in [-0.25, -0.2) is 0 Å². The maximum Gasteiger partial charge on any atom is 0.217 e. The maximum absolute atomic E-state index is 11.8. The van der Waals surface area contributed by atoms with Crippen LogP contribution in [0.1, 0.15) is 6.92 Å². The van der Waals surface area contributed by atoms with Crippen LogP contribution in [-0.4, -0.2) is 274 Å². The van der Waals surface area contributed by atoms with Gasteiger partial charge in [-0.15, -0.1) is 0 Å². The quantitative estimate of drug-likeness (QED) is 0.0770. The van der Waals surface area contributed by atoms with Gasteiger partial charge in [-0.2, -0.15) is 0 Å². The molecular formula is C32H55NO26. The van der Waals surface area contributed by atoms with Gasteiger partial charge >= 0.3 is 0 Å². The van der Waals surface area contributed by atoms with E-state index in [2.05, 4.69) is 5.32 Å². The molecule has 0 aromatic heterocycles. The smallest absolute Gasteiger partial charge is 0.217 e. The van der Waals surface area contributed by atoms with E-state index in [-0.39, 0.29) is 0 Å². The molecule has 0 spiro atoms. The number of aliphatic hydroxyl groups excluding tert-OH is 16. The zero-order valence-electron chi connectivity index (χ0n) is 31.2. The molecule has 5 rings (SSSR count). The van der Waals surface area contributed by atoms with Gasteiger partial charge in [-0.1, -0.05) is 0 Å². The fourth-order valence-corrected chi connectivity index (χ4v) is 7.30. The Kier molecular flexibility index (Phi) is 17.1. The summed E-state index contributed by atoms with van der Waals surface area (Å²) in [7, 11) is 0. The number of hydrogen-bond acceptors (Lipinski definition) is 26. The molecule has 1 amide bonds. The Hall–Kier alpha value is -1.53. The van der Waals surface area contributed by atoms with Crippen molar-refractivity contribution in [3.8, 4) is 0 Å². The SMILES string of the molecule is CC(=O)NC1C(O)OC(CO)C(OC2OC(COC3OC(CO)C(O)C(O)C3O)C(O)C(OC3OC(CO)C(O)C(O)C3OC3OC(CO)C(O)C(O)C3O)C2O)C1O. The molecule has 25 atom stereocenters. The van der Waals surface area contributed by atoms with Gasteiger partial charge in [0.1, 0.15) is 122 Å². The standard InChI is InChI=1S/C32H55NO26/c1-7(38)33-13-18(43)25(11(5-37)52-28(13)50)57-31-24(49)26(17(42)12(56-31)6-51-29-22(47)19(44)14(39)8(2-34)53-29)58-32-27(21(46)16(41)10(4-36)55-32)59-30-23(48)20(45)15(40)9(3-35)54-30/h8-32,34-37,39-50H,2-6H2,1H3,(H,33,38). The molecule has 0 bridgehead atoms. The van der Waals surface area contributed by atoms with Gasteiger partial charge in [0.05, 0.1) is 33.0 Å². The molecule has 17 N–H and O–H groups in total. The summed E-state index contributed by atoms with van der Waals surface area (Å²) >= 11 is 0. The molecule has 5 aliphatic rings. The van der Waals surface area contributed by atoms with E-state index in [9.17, 15) is 86.5 Å². The van der Waals surface area contributed by atoms with Crippen LogP contribution in [0.3, 0.4) is 0 Å². The Morgan fingerprint density at radius 3 is 1.42 bits per heavy atom. The molecule has 5 aliphatic heterocycles. The zero-order chi connectivity index (χ0) is 43.6. The van der Waals surface area contributed by atoms with E-state index in [0.29, 0.717) is 0 Å². The van der Waals surface area contributed by atoms with Gasteiger partial charge < -0.3 is 130 Å². The fourth-order valence-electron chi connectivity index (χ4n) is 7.30. The minimum absolute atomic E-state index is 0.727. The lowest BCUT2D eigenvalue weighted by atomic mass is 9.95. The Morgan fingerprint density at radius 1 is 0.441 bits per heavy atom. The molecule has 5 fully saturated rings. The molecule has 0 saturated carbocycles. The highest BCUT2D eigenvalue weighted by atomic mass is 16.8. The van der Waals surface area contributed by atoms with Crippen LogP contribution in [0.2, 0.25) is 0 Å². The summed E-state index contributed by atoms with van der Waals surface area (Å²) in [6.45, 7) is -3.40. The normalized spacial score (nSPS) is 51.0. The second-order valence-electron chi connectivity index (χ2n) is 14.7. The molecule has 0 aromatic carbocycles. The molecule has 0 aliphatic carbocycles. The van der Waals surface area contributed by atoms with Gasteiger partial charge in [0, 0.05) is 6.92 Å². The van der Waals surface area contributed by atoms with Crippen molar-refractivity contribution >= 4 is 5.91 Å². The van der Waals surface area contributed by atoms with Crippen LogP contribution < -0.4 is 5.32 Å². The van der Waals surface area contributed by atoms with Crippen LogP contribution in [-0.2, 0) is 47.4 Å². The largest absolute Gasteiger partial charge is 0.394 e. The first-order valence-corrected chi connectivity index (χ1v) is 18.6. The number of carbonyl (C=O) groups is 1. The summed E-state index contributed by atoms with van der Waals surface area (Å²) in [5, 5.41) is 170. The number of carbonyl (C=O) groups excluding carboxylic acids is 1. The lowest BCUT2D eigenvalue weighted by molar-refractivity contribution is -0.396. The van der Waals surface area contributed by atoms with Gasteiger partial charge in [0.25, 0.3) is 0 Å². The molecular weight excluding hydrogens is 814 g/mol. The Balaban J connectivity index is 1.45. The van der Waals surface area contributed by atoms with E-state index in [4.69, 9.17) is 42.6 Å². The van der Waals surface area contributed by atoms with Crippen molar-refractivity contribution in [3.63, 3.8) is 0 Å². The number of nitrogens with one attached hydrogen (secondary N) is 1. The highest BCUT2D eigenvalue weighted by Crippen LogP contribution is 2.35. The van der Waals surface area contributed by atoms with E-state index < -0.39 is 192 Å². The first kappa shape index (κ1) is 48.5. The van der Waals surface area contributed by atoms with Crippen molar-refractivity contribution in [3.05, 3.63) is 0 Å². The first-order chi connectivity index (χ1) is 27.9. The lowest BCUT2D eigenvalue weighted by Crippen LogP contribution is -2.69. The minimum Gasteiger partial charge on any atom is -0.394 e. The Bertz CT molecular complexity index is 1320. The summed E-state index contributed by atoms with van der Waals surface area (Å²) < 4.78 is 50.4. The molecule has 344 valence electrons.